The number of aromatic nitrogens is 1. The maximum atomic E-state index is 12.6. The Bertz CT molecular complexity index is 1180. The van der Waals surface area contributed by atoms with Gasteiger partial charge in [0.1, 0.15) is 8.42 Å². The van der Waals surface area contributed by atoms with E-state index in [1.807, 2.05) is 0 Å². The minimum absolute atomic E-state index is 0.0212. The first-order valence-corrected chi connectivity index (χ1v) is 11.9. The Hall–Kier alpha value is -2.28. The first-order chi connectivity index (χ1) is 12.7. The number of hydrogen-bond acceptors (Lipinski definition) is 9. The second-order valence-electron chi connectivity index (χ2n) is 5.18. The molecule has 3 aromatic rings. The van der Waals surface area contributed by atoms with Crippen molar-refractivity contribution in [3.8, 4) is 0 Å². The number of sulfonamides is 1. The highest BCUT2D eigenvalue weighted by Crippen LogP contribution is 2.31. The molecule has 0 atom stereocenters. The van der Waals surface area contributed by atoms with E-state index < -0.39 is 25.8 Å². The SMILES string of the molecule is O=C([O-])Cc1cnc(NS(=O)(=O)c2ccc(S(=O)(=O)c3ccccc3)s2)s1. The van der Waals surface area contributed by atoms with Gasteiger partial charge in [-0.2, -0.15) is 0 Å². The molecule has 142 valence electrons. The van der Waals surface area contributed by atoms with Gasteiger partial charge in [0.15, 0.2) is 5.13 Å². The fourth-order valence-electron chi connectivity index (χ4n) is 2.05. The van der Waals surface area contributed by atoms with Crippen LogP contribution in [0.25, 0.3) is 0 Å². The fraction of sp³-hybridized carbons (Fsp3) is 0.0667. The van der Waals surface area contributed by atoms with Crippen molar-refractivity contribution in [1.82, 2.24) is 4.98 Å². The first-order valence-electron chi connectivity index (χ1n) is 7.26. The molecule has 0 unspecified atom stereocenters. The number of hydrogen-bond donors (Lipinski definition) is 1. The number of rotatable bonds is 7. The zero-order chi connectivity index (χ0) is 19.7. The molecule has 0 spiro atoms. The number of carbonyl (C=O) groups is 1. The van der Waals surface area contributed by atoms with Crippen LogP contribution in [-0.4, -0.2) is 27.8 Å². The molecule has 27 heavy (non-hydrogen) atoms. The lowest BCUT2D eigenvalue weighted by atomic mass is 10.4. The van der Waals surface area contributed by atoms with Crippen LogP contribution >= 0.6 is 22.7 Å². The van der Waals surface area contributed by atoms with E-state index in [1.165, 1.54) is 30.5 Å². The highest BCUT2D eigenvalue weighted by molar-refractivity contribution is 7.96. The van der Waals surface area contributed by atoms with Crippen LogP contribution in [0.2, 0.25) is 0 Å². The van der Waals surface area contributed by atoms with Gasteiger partial charge in [0.2, 0.25) is 9.84 Å². The molecule has 0 saturated heterocycles. The van der Waals surface area contributed by atoms with E-state index in [2.05, 4.69) is 9.71 Å². The summed E-state index contributed by atoms with van der Waals surface area (Å²) in [6.07, 6.45) is 0.857. The molecule has 2 heterocycles. The summed E-state index contributed by atoms with van der Waals surface area (Å²) in [5, 5.41) is 10.6. The number of aliphatic carboxylic acids is 1. The molecule has 0 bridgehead atoms. The lowest BCUT2D eigenvalue weighted by Gasteiger charge is -2.03. The van der Waals surface area contributed by atoms with Crippen molar-refractivity contribution in [1.29, 1.82) is 0 Å². The van der Waals surface area contributed by atoms with E-state index >= 15 is 0 Å². The molecule has 0 radical (unpaired) electrons. The number of carboxylic acids is 1. The molecular formula is C15H11N2O6S4-. The Morgan fingerprint density at radius 3 is 2.33 bits per heavy atom. The number of sulfone groups is 1. The second-order valence-corrected chi connectivity index (χ2v) is 11.5. The van der Waals surface area contributed by atoms with Gasteiger partial charge in [-0.05, 0) is 24.3 Å². The number of nitrogens with zero attached hydrogens (tertiary/aromatic N) is 1. The summed E-state index contributed by atoms with van der Waals surface area (Å²) in [5.74, 6) is -1.30. The molecule has 0 saturated carbocycles. The lowest BCUT2D eigenvalue weighted by molar-refractivity contribution is -0.304. The molecule has 0 aliphatic rings. The summed E-state index contributed by atoms with van der Waals surface area (Å²) >= 11 is 1.47. The zero-order valence-corrected chi connectivity index (χ0v) is 16.6. The molecule has 1 aromatic carbocycles. The maximum Gasteiger partial charge on any atom is 0.273 e. The van der Waals surface area contributed by atoms with Crippen molar-refractivity contribution in [2.75, 3.05) is 4.72 Å². The van der Waals surface area contributed by atoms with Gasteiger partial charge in [0.05, 0.1) is 4.90 Å². The van der Waals surface area contributed by atoms with E-state index in [0.29, 0.717) is 16.2 Å². The van der Waals surface area contributed by atoms with Crippen LogP contribution in [0, 0.1) is 0 Å². The summed E-state index contributed by atoms with van der Waals surface area (Å²) in [6, 6.07) is 10.1. The molecule has 8 nitrogen and oxygen atoms in total. The molecule has 1 N–H and O–H groups in total. The fourth-order valence-corrected chi connectivity index (χ4v) is 7.28. The van der Waals surface area contributed by atoms with Gasteiger partial charge < -0.3 is 9.90 Å². The molecule has 0 aliphatic heterocycles. The Morgan fingerprint density at radius 2 is 1.67 bits per heavy atom. The number of anilines is 1. The third-order valence-electron chi connectivity index (χ3n) is 3.23. The number of nitrogens with one attached hydrogen (secondary N) is 1. The molecule has 2 aromatic heterocycles. The Morgan fingerprint density at radius 1 is 1.00 bits per heavy atom. The van der Waals surface area contributed by atoms with E-state index in [9.17, 15) is 26.7 Å². The van der Waals surface area contributed by atoms with Crippen LogP contribution in [-0.2, 0) is 31.1 Å². The van der Waals surface area contributed by atoms with Crippen molar-refractivity contribution in [3.05, 3.63) is 53.5 Å². The summed E-state index contributed by atoms with van der Waals surface area (Å²) in [4.78, 5) is 14.8. The Kier molecular flexibility index (Phi) is 5.33. The number of benzene rings is 1. The third-order valence-corrected chi connectivity index (χ3v) is 9.45. The lowest BCUT2D eigenvalue weighted by Crippen LogP contribution is -2.23. The number of thiazole rings is 1. The van der Waals surface area contributed by atoms with Gasteiger partial charge in [-0.25, -0.2) is 21.8 Å². The standard InChI is InChI=1S/C15H12N2O6S4/c18-12(19)8-10-9-16-15(24-10)17-27(22,23)14-7-6-13(25-14)26(20,21)11-4-2-1-3-5-11/h1-7,9H,8H2,(H,16,17)(H,18,19)/p-1. The number of carboxylic acid groups (broad SMARTS) is 1. The van der Waals surface area contributed by atoms with Crippen LogP contribution in [0.3, 0.4) is 0 Å². The van der Waals surface area contributed by atoms with Crippen LogP contribution < -0.4 is 9.83 Å². The molecule has 3 rings (SSSR count). The quantitative estimate of drug-likeness (QED) is 0.578. The average Bonchev–Trinajstić information content (AvgIpc) is 3.25. The van der Waals surface area contributed by atoms with Gasteiger partial charge in [-0.3, -0.25) is 4.72 Å². The Balaban J connectivity index is 1.85. The third kappa shape index (κ3) is 4.35. The largest absolute Gasteiger partial charge is 0.550 e. The zero-order valence-electron chi connectivity index (χ0n) is 13.4. The molecular weight excluding hydrogens is 432 g/mol. The second kappa shape index (κ2) is 7.38. The smallest absolute Gasteiger partial charge is 0.273 e. The van der Waals surface area contributed by atoms with Crippen molar-refractivity contribution >= 4 is 53.6 Å². The van der Waals surface area contributed by atoms with Crippen molar-refractivity contribution in [2.45, 2.75) is 19.7 Å². The summed E-state index contributed by atoms with van der Waals surface area (Å²) < 4.78 is 51.9. The van der Waals surface area contributed by atoms with Crippen LogP contribution in [0.5, 0.6) is 0 Å². The van der Waals surface area contributed by atoms with E-state index in [0.717, 1.165) is 11.3 Å². The molecule has 0 fully saturated rings. The summed E-state index contributed by atoms with van der Waals surface area (Å²) in [6.45, 7) is 0. The van der Waals surface area contributed by atoms with Gasteiger partial charge in [0, 0.05) is 23.5 Å². The van der Waals surface area contributed by atoms with Crippen molar-refractivity contribution in [2.24, 2.45) is 0 Å². The minimum atomic E-state index is -4.06. The van der Waals surface area contributed by atoms with Crippen LogP contribution in [0.1, 0.15) is 4.88 Å². The predicted octanol–water partition coefficient (Wildman–Crippen LogP) is 1.13. The van der Waals surface area contributed by atoms with Gasteiger partial charge in [0.25, 0.3) is 10.0 Å². The van der Waals surface area contributed by atoms with Gasteiger partial charge >= 0.3 is 0 Å². The number of carbonyl (C=O) groups excluding carboxylic acids is 1. The average molecular weight is 444 g/mol. The maximum absolute atomic E-state index is 12.6. The predicted molar refractivity (Wildman–Crippen MR) is 97.8 cm³/mol. The summed E-state index contributed by atoms with van der Waals surface area (Å²) in [7, 11) is -7.88. The van der Waals surface area contributed by atoms with Crippen LogP contribution in [0.4, 0.5) is 5.13 Å². The van der Waals surface area contributed by atoms with Gasteiger partial charge in [-0.1, -0.05) is 18.2 Å². The monoisotopic (exact) mass is 443 g/mol. The number of thiophene rings is 1. The molecule has 0 aliphatic carbocycles. The Labute approximate surface area is 163 Å². The summed E-state index contributed by atoms with van der Waals surface area (Å²) in [5.41, 5.74) is 0. The molecule has 12 heteroatoms. The van der Waals surface area contributed by atoms with Gasteiger partial charge in [-0.15, -0.1) is 22.7 Å². The highest BCUT2D eigenvalue weighted by Gasteiger charge is 2.24. The van der Waals surface area contributed by atoms with Crippen LogP contribution in [0.15, 0.2) is 62.0 Å². The first kappa shape index (κ1) is 19.5. The normalized spacial score (nSPS) is 12.0. The topological polar surface area (TPSA) is 133 Å². The van der Waals surface area contributed by atoms with E-state index in [1.54, 1.807) is 18.2 Å². The highest BCUT2D eigenvalue weighted by atomic mass is 32.3. The van der Waals surface area contributed by atoms with Crippen molar-refractivity contribution in [3.63, 3.8) is 0 Å². The minimum Gasteiger partial charge on any atom is -0.550 e. The molecule has 0 amide bonds. The van der Waals surface area contributed by atoms with E-state index in [-0.39, 0.29) is 24.9 Å². The van der Waals surface area contributed by atoms with Crippen molar-refractivity contribution < 1.29 is 26.7 Å². The van der Waals surface area contributed by atoms with E-state index in [4.69, 9.17) is 0 Å².